The number of benzene rings is 1. The maximum atomic E-state index is 13.5. The standard InChI is InChI=1S/C18H20FN3O3/c1-13-10-20-18(21-11-13)25-14-6-8-22(9-7-14)17(23)12-24-16-5-3-2-4-15(16)19/h2-5,10-11,14H,6-9,12H2,1H3. The average Bonchev–Trinajstić information content (AvgIpc) is 2.63. The van der Waals surface area contributed by atoms with Crippen molar-refractivity contribution < 1.29 is 18.7 Å². The second kappa shape index (κ2) is 7.92. The predicted octanol–water partition coefficient (Wildman–Crippen LogP) is 2.37. The monoisotopic (exact) mass is 345 g/mol. The Morgan fingerprint density at radius 3 is 2.60 bits per heavy atom. The number of aromatic nitrogens is 2. The summed E-state index contributed by atoms with van der Waals surface area (Å²) in [6.45, 7) is 2.87. The molecule has 132 valence electrons. The van der Waals surface area contributed by atoms with Crippen LogP contribution in [0, 0.1) is 12.7 Å². The predicted molar refractivity (Wildman–Crippen MR) is 88.9 cm³/mol. The highest BCUT2D eigenvalue weighted by Gasteiger charge is 2.24. The van der Waals surface area contributed by atoms with Gasteiger partial charge in [0.15, 0.2) is 18.2 Å². The van der Waals surface area contributed by atoms with Crippen molar-refractivity contribution in [2.24, 2.45) is 0 Å². The lowest BCUT2D eigenvalue weighted by Gasteiger charge is -2.31. The van der Waals surface area contributed by atoms with Crippen LogP contribution in [-0.4, -0.2) is 46.6 Å². The third kappa shape index (κ3) is 4.65. The van der Waals surface area contributed by atoms with Crippen LogP contribution >= 0.6 is 0 Å². The third-order valence-electron chi connectivity index (χ3n) is 4.01. The van der Waals surface area contributed by atoms with E-state index in [9.17, 15) is 9.18 Å². The van der Waals surface area contributed by atoms with Crippen molar-refractivity contribution in [1.29, 1.82) is 0 Å². The fraction of sp³-hybridized carbons (Fsp3) is 0.389. The van der Waals surface area contributed by atoms with Gasteiger partial charge in [-0.15, -0.1) is 0 Å². The maximum absolute atomic E-state index is 13.5. The summed E-state index contributed by atoms with van der Waals surface area (Å²) in [6.07, 6.45) is 4.80. The van der Waals surface area contributed by atoms with Crippen LogP contribution in [0.4, 0.5) is 4.39 Å². The van der Waals surface area contributed by atoms with Crippen LogP contribution in [0.25, 0.3) is 0 Å². The number of hydrogen-bond donors (Lipinski definition) is 0. The van der Waals surface area contributed by atoms with Gasteiger partial charge in [0, 0.05) is 38.3 Å². The molecule has 0 saturated carbocycles. The number of amides is 1. The summed E-state index contributed by atoms with van der Waals surface area (Å²) in [6, 6.07) is 6.41. The molecule has 25 heavy (non-hydrogen) atoms. The molecular formula is C18H20FN3O3. The molecule has 0 bridgehead atoms. The minimum Gasteiger partial charge on any atom is -0.481 e. The average molecular weight is 345 g/mol. The molecule has 7 heteroatoms. The molecule has 0 aliphatic carbocycles. The van der Waals surface area contributed by atoms with E-state index in [4.69, 9.17) is 9.47 Å². The molecule has 0 unspecified atom stereocenters. The van der Waals surface area contributed by atoms with E-state index in [1.165, 1.54) is 12.1 Å². The van der Waals surface area contributed by atoms with Gasteiger partial charge in [0.2, 0.25) is 0 Å². The molecule has 0 radical (unpaired) electrons. The van der Waals surface area contributed by atoms with Gasteiger partial charge in [-0.25, -0.2) is 14.4 Å². The molecule has 3 rings (SSSR count). The summed E-state index contributed by atoms with van der Waals surface area (Å²) >= 11 is 0. The molecule has 6 nitrogen and oxygen atoms in total. The highest BCUT2D eigenvalue weighted by Crippen LogP contribution is 2.18. The Kier molecular flexibility index (Phi) is 5.42. The quantitative estimate of drug-likeness (QED) is 0.832. The van der Waals surface area contributed by atoms with Gasteiger partial charge in [-0.1, -0.05) is 12.1 Å². The second-order valence-electron chi connectivity index (χ2n) is 5.96. The van der Waals surface area contributed by atoms with Crippen LogP contribution in [0.5, 0.6) is 11.8 Å². The van der Waals surface area contributed by atoms with Gasteiger partial charge in [-0.2, -0.15) is 0 Å². The number of carbonyl (C=O) groups is 1. The van der Waals surface area contributed by atoms with E-state index < -0.39 is 5.82 Å². The molecule has 1 amide bonds. The van der Waals surface area contributed by atoms with Crippen LogP contribution in [0.2, 0.25) is 0 Å². The van der Waals surface area contributed by atoms with Gasteiger partial charge < -0.3 is 14.4 Å². The molecule has 1 aromatic heterocycles. The number of hydrogen-bond acceptors (Lipinski definition) is 5. The molecule has 2 heterocycles. The second-order valence-corrected chi connectivity index (χ2v) is 5.96. The van der Waals surface area contributed by atoms with Crippen molar-refractivity contribution in [2.75, 3.05) is 19.7 Å². The first-order valence-electron chi connectivity index (χ1n) is 8.22. The topological polar surface area (TPSA) is 64.5 Å². The van der Waals surface area contributed by atoms with E-state index in [0.29, 0.717) is 31.9 Å². The molecular weight excluding hydrogens is 325 g/mol. The minimum atomic E-state index is -0.472. The number of ether oxygens (including phenoxy) is 2. The number of carbonyl (C=O) groups excluding carboxylic acids is 1. The Hall–Kier alpha value is -2.70. The van der Waals surface area contributed by atoms with Crippen molar-refractivity contribution in [2.45, 2.75) is 25.9 Å². The summed E-state index contributed by atoms with van der Waals surface area (Å²) in [4.78, 5) is 22.2. The van der Waals surface area contributed by atoms with Gasteiger partial charge in [-0.05, 0) is 24.6 Å². The van der Waals surface area contributed by atoms with E-state index in [-0.39, 0.29) is 24.4 Å². The van der Waals surface area contributed by atoms with Gasteiger partial charge in [0.05, 0.1) is 0 Å². The van der Waals surface area contributed by atoms with Crippen molar-refractivity contribution in [3.63, 3.8) is 0 Å². The summed E-state index contributed by atoms with van der Waals surface area (Å²) in [5, 5.41) is 0. The van der Waals surface area contributed by atoms with Gasteiger partial charge >= 0.3 is 6.01 Å². The molecule has 1 aromatic carbocycles. The summed E-state index contributed by atoms with van der Waals surface area (Å²) in [5.41, 5.74) is 0.975. The number of para-hydroxylation sites is 1. The van der Waals surface area contributed by atoms with E-state index in [0.717, 1.165) is 5.56 Å². The normalized spacial score (nSPS) is 15.0. The molecule has 1 aliphatic heterocycles. The molecule has 2 aromatic rings. The van der Waals surface area contributed by atoms with Crippen molar-refractivity contribution in [1.82, 2.24) is 14.9 Å². The first-order valence-corrected chi connectivity index (χ1v) is 8.22. The fourth-order valence-corrected chi connectivity index (χ4v) is 2.61. The summed E-state index contributed by atoms with van der Waals surface area (Å²) in [7, 11) is 0. The zero-order valence-corrected chi connectivity index (χ0v) is 14.0. The van der Waals surface area contributed by atoms with E-state index >= 15 is 0 Å². The Labute approximate surface area is 145 Å². The van der Waals surface area contributed by atoms with Crippen molar-refractivity contribution in [3.8, 4) is 11.8 Å². The van der Waals surface area contributed by atoms with Gasteiger partial charge in [-0.3, -0.25) is 4.79 Å². The Balaban J connectivity index is 1.44. The highest BCUT2D eigenvalue weighted by molar-refractivity contribution is 5.77. The molecule has 0 spiro atoms. The van der Waals surface area contributed by atoms with E-state index in [2.05, 4.69) is 9.97 Å². The van der Waals surface area contributed by atoms with Crippen molar-refractivity contribution in [3.05, 3.63) is 48.0 Å². The number of piperidine rings is 1. The maximum Gasteiger partial charge on any atom is 0.316 e. The number of likely N-dealkylation sites (tertiary alicyclic amines) is 1. The first kappa shape index (κ1) is 17.1. The number of aryl methyl sites for hydroxylation is 1. The molecule has 0 N–H and O–H groups in total. The molecule has 1 aliphatic rings. The zero-order chi connectivity index (χ0) is 17.6. The zero-order valence-electron chi connectivity index (χ0n) is 14.0. The number of rotatable bonds is 5. The summed E-state index contributed by atoms with van der Waals surface area (Å²) in [5.74, 6) is -0.542. The largest absolute Gasteiger partial charge is 0.481 e. The first-order chi connectivity index (χ1) is 12.1. The van der Waals surface area contributed by atoms with Crippen molar-refractivity contribution >= 4 is 5.91 Å². The molecule has 0 atom stereocenters. The van der Waals surface area contributed by atoms with Crippen LogP contribution in [0.3, 0.4) is 0 Å². The number of halogens is 1. The lowest BCUT2D eigenvalue weighted by atomic mass is 10.1. The van der Waals surface area contributed by atoms with E-state index in [1.807, 2.05) is 6.92 Å². The summed E-state index contributed by atoms with van der Waals surface area (Å²) < 4.78 is 24.5. The van der Waals surface area contributed by atoms with E-state index in [1.54, 1.807) is 29.4 Å². The Morgan fingerprint density at radius 1 is 1.24 bits per heavy atom. The minimum absolute atomic E-state index is 0.0146. The van der Waals surface area contributed by atoms with Crippen LogP contribution in [0.15, 0.2) is 36.7 Å². The SMILES string of the molecule is Cc1cnc(OC2CCN(C(=O)COc3ccccc3F)CC2)nc1. The van der Waals surface area contributed by atoms with Crippen LogP contribution < -0.4 is 9.47 Å². The fourth-order valence-electron chi connectivity index (χ4n) is 2.61. The highest BCUT2D eigenvalue weighted by atomic mass is 19.1. The Bertz CT molecular complexity index is 716. The third-order valence-corrected chi connectivity index (χ3v) is 4.01. The van der Waals surface area contributed by atoms with Crippen LogP contribution in [0.1, 0.15) is 18.4 Å². The van der Waals surface area contributed by atoms with Crippen LogP contribution in [-0.2, 0) is 4.79 Å². The lowest BCUT2D eigenvalue weighted by molar-refractivity contribution is -0.135. The van der Waals surface area contributed by atoms with Gasteiger partial charge in [0.25, 0.3) is 5.91 Å². The lowest BCUT2D eigenvalue weighted by Crippen LogP contribution is -2.43. The number of nitrogens with zero attached hydrogens (tertiary/aromatic N) is 3. The molecule has 1 saturated heterocycles. The Morgan fingerprint density at radius 2 is 1.92 bits per heavy atom. The smallest absolute Gasteiger partial charge is 0.316 e. The molecule has 1 fully saturated rings. The van der Waals surface area contributed by atoms with Gasteiger partial charge in [0.1, 0.15) is 6.10 Å².